The molecule has 17 heavy (non-hydrogen) atoms. The third-order valence-corrected chi connectivity index (χ3v) is 3.40. The lowest BCUT2D eigenvalue weighted by Crippen LogP contribution is -2.27. The zero-order chi connectivity index (χ0) is 11.1. The van der Waals surface area contributed by atoms with Crippen LogP contribution < -0.4 is 10.1 Å². The number of H-pyrrole nitrogens is 1. The van der Waals surface area contributed by atoms with Crippen LogP contribution in [0.15, 0.2) is 18.2 Å². The average Bonchev–Trinajstić information content (AvgIpc) is 2.68. The second-order valence-electron chi connectivity index (χ2n) is 4.35. The molecule has 1 aliphatic rings. The Morgan fingerprint density at radius 2 is 2.18 bits per heavy atom. The second kappa shape index (κ2) is 4.59. The Labute approximate surface area is 107 Å². The van der Waals surface area contributed by atoms with E-state index in [4.69, 9.17) is 4.74 Å². The van der Waals surface area contributed by atoms with Gasteiger partial charge in [0.2, 0.25) is 0 Å². The third kappa shape index (κ3) is 1.90. The minimum Gasteiger partial charge on any atom is -0.497 e. The Balaban J connectivity index is 0.00000108. The normalized spacial score (nSPS) is 18.6. The highest BCUT2D eigenvalue weighted by atomic mass is 35.5. The van der Waals surface area contributed by atoms with Gasteiger partial charge in [0.1, 0.15) is 5.75 Å². The van der Waals surface area contributed by atoms with Crippen molar-refractivity contribution in [3.8, 4) is 5.75 Å². The highest BCUT2D eigenvalue weighted by molar-refractivity contribution is 5.86. The quantitative estimate of drug-likeness (QED) is 0.819. The van der Waals surface area contributed by atoms with Crippen molar-refractivity contribution in [2.75, 3.05) is 13.7 Å². The van der Waals surface area contributed by atoms with Gasteiger partial charge < -0.3 is 15.0 Å². The zero-order valence-electron chi connectivity index (χ0n) is 10.0. The van der Waals surface area contributed by atoms with E-state index in [1.165, 1.54) is 22.2 Å². The molecule has 1 aromatic carbocycles. The van der Waals surface area contributed by atoms with Crippen LogP contribution in [0.2, 0.25) is 0 Å². The summed E-state index contributed by atoms with van der Waals surface area (Å²) in [6.07, 6.45) is 1.10. The van der Waals surface area contributed by atoms with Crippen molar-refractivity contribution in [1.29, 1.82) is 0 Å². The minimum atomic E-state index is 0. The molecule has 2 aromatic rings. The van der Waals surface area contributed by atoms with Crippen LogP contribution >= 0.6 is 12.4 Å². The van der Waals surface area contributed by atoms with Crippen LogP contribution in [0.3, 0.4) is 0 Å². The lowest BCUT2D eigenvalue weighted by Gasteiger charge is -2.20. The number of benzene rings is 1. The van der Waals surface area contributed by atoms with Gasteiger partial charge in [-0.25, -0.2) is 0 Å². The number of ether oxygens (including phenoxy) is 1. The Morgan fingerprint density at radius 1 is 1.35 bits per heavy atom. The molecule has 1 unspecified atom stereocenters. The lowest BCUT2D eigenvalue weighted by atomic mass is 10.0. The number of nitrogens with one attached hydrogen (secondary N) is 2. The van der Waals surface area contributed by atoms with Crippen molar-refractivity contribution in [2.24, 2.45) is 0 Å². The van der Waals surface area contributed by atoms with E-state index in [9.17, 15) is 0 Å². The summed E-state index contributed by atoms with van der Waals surface area (Å²) in [6.45, 7) is 3.26. The molecule has 0 saturated heterocycles. The van der Waals surface area contributed by atoms with Crippen molar-refractivity contribution in [1.82, 2.24) is 10.3 Å². The molecule has 2 heterocycles. The van der Waals surface area contributed by atoms with Gasteiger partial charge in [-0.15, -0.1) is 12.4 Å². The van der Waals surface area contributed by atoms with E-state index in [0.29, 0.717) is 6.04 Å². The SMILES string of the molecule is COc1ccc2c3c([nH]c2c1)C(C)NCC3.Cl. The summed E-state index contributed by atoms with van der Waals surface area (Å²) in [5.74, 6) is 0.909. The predicted molar refractivity (Wildman–Crippen MR) is 72.2 cm³/mol. The maximum Gasteiger partial charge on any atom is 0.120 e. The monoisotopic (exact) mass is 252 g/mol. The number of rotatable bonds is 1. The second-order valence-corrected chi connectivity index (χ2v) is 4.35. The van der Waals surface area contributed by atoms with Gasteiger partial charge >= 0.3 is 0 Å². The van der Waals surface area contributed by atoms with Gasteiger partial charge in [-0.05, 0) is 37.6 Å². The number of halogens is 1. The summed E-state index contributed by atoms with van der Waals surface area (Å²) in [4.78, 5) is 3.50. The lowest BCUT2D eigenvalue weighted by molar-refractivity contribution is 0.415. The fraction of sp³-hybridized carbons (Fsp3) is 0.385. The van der Waals surface area contributed by atoms with Crippen molar-refractivity contribution in [3.05, 3.63) is 29.5 Å². The van der Waals surface area contributed by atoms with Crippen molar-refractivity contribution in [2.45, 2.75) is 19.4 Å². The Hall–Kier alpha value is -1.19. The standard InChI is InChI=1S/C13H16N2O.ClH/c1-8-13-11(5-6-14-8)10-4-3-9(16-2)7-12(10)15-13;/h3-4,7-8,14-15H,5-6H2,1-2H3;1H. The fourth-order valence-electron chi connectivity index (χ4n) is 2.54. The summed E-state index contributed by atoms with van der Waals surface area (Å²) in [7, 11) is 1.70. The largest absolute Gasteiger partial charge is 0.497 e. The fourth-order valence-corrected chi connectivity index (χ4v) is 2.54. The van der Waals surface area contributed by atoms with Crippen molar-refractivity contribution in [3.63, 3.8) is 0 Å². The summed E-state index contributed by atoms with van der Waals surface area (Å²) in [6, 6.07) is 6.67. The Kier molecular flexibility index (Phi) is 3.31. The van der Waals surface area contributed by atoms with Crippen LogP contribution in [0.4, 0.5) is 0 Å². The molecule has 1 aromatic heterocycles. The van der Waals surface area contributed by atoms with E-state index < -0.39 is 0 Å². The van der Waals surface area contributed by atoms with Gasteiger partial charge in [0.25, 0.3) is 0 Å². The molecule has 4 heteroatoms. The molecule has 1 aliphatic heterocycles. The topological polar surface area (TPSA) is 37.0 Å². The third-order valence-electron chi connectivity index (χ3n) is 3.40. The zero-order valence-corrected chi connectivity index (χ0v) is 10.9. The molecular formula is C13H17ClN2O. The molecule has 92 valence electrons. The smallest absolute Gasteiger partial charge is 0.120 e. The molecule has 0 spiro atoms. The van der Waals surface area contributed by atoms with Gasteiger partial charge in [-0.1, -0.05) is 0 Å². The van der Waals surface area contributed by atoms with E-state index in [0.717, 1.165) is 18.7 Å². The molecular weight excluding hydrogens is 236 g/mol. The van der Waals surface area contributed by atoms with Gasteiger partial charge in [-0.3, -0.25) is 0 Å². The summed E-state index contributed by atoms with van der Waals surface area (Å²) in [5, 5.41) is 4.80. The molecule has 0 fully saturated rings. The van der Waals surface area contributed by atoms with Crippen LogP contribution in [0.25, 0.3) is 10.9 Å². The van der Waals surface area contributed by atoms with Crippen LogP contribution in [0.1, 0.15) is 24.2 Å². The molecule has 3 nitrogen and oxygen atoms in total. The molecule has 1 atom stereocenters. The molecule has 0 amide bonds. The highest BCUT2D eigenvalue weighted by Crippen LogP contribution is 2.31. The number of aromatic amines is 1. The molecule has 0 bridgehead atoms. The van der Waals surface area contributed by atoms with Crippen molar-refractivity contribution >= 4 is 23.3 Å². The summed E-state index contributed by atoms with van der Waals surface area (Å²) in [5.41, 5.74) is 3.97. The van der Waals surface area contributed by atoms with E-state index >= 15 is 0 Å². The van der Waals surface area contributed by atoms with E-state index in [1.54, 1.807) is 7.11 Å². The first-order chi connectivity index (χ1) is 7.79. The molecule has 3 rings (SSSR count). The first-order valence-electron chi connectivity index (χ1n) is 5.71. The number of hydrogen-bond acceptors (Lipinski definition) is 2. The maximum atomic E-state index is 5.25. The number of hydrogen-bond donors (Lipinski definition) is 2. The van der Waals surface area contributed by atoms with E-state index in [2.05, 4.69) is 29.4 Å². The van der Waals surface area contributed by atoms with Gasteiger partial charge in [0.05, 0.1) is 7.11 Å². The Bertz CT molecular complexity index is 535. The summed E-state index contributed by atoms with van der Waals surface area (Å²) >= 11 is 0. The van der Waals surface area contributed by atoms with Crippen molar-refractivity contribution < 1.29 is 4.74 Å². The van der Waals surface area contributed by atoms with Gasteiger partial charge in [-0.2, -0.15) is 0 Å². The predicted octanol–water partition coefficient (Wildman–Crippen LogP) is 2.81. The van der Waals surface area contributed by atoms with E-state index in [1.807, 2.05) is 6.07 Å². The first-order valence-corrected chi connectivity index (χ1v) is 5.71. The van der Waals surface area contributed by atoms with Crippen LogP contribution in [0.5, 0.6) is 5.75 Å². The highest BCUT2D eigenvalue weighted by Gasteiger charge is 2.20. The van der Waals surface area contributed by atoms with E-state index in [-0.39, 0.29) is 12.4 Å². The molecule has 0 saturated carbocycles. The molecule has 0 radical (unpaired) electrons. The maximum absolute atomic E-state index is 5.25. The Morgan fingerprint density at radius 3 is 2.94 bits per heavy atom. The minimum absolute atomic E-state index is 0. The number of aromatic nitrogens is 1. The molecule has 0 aliphatic carbocycles. The number of fused-ring (bicyclic) bond motifs is 3. The first kappa shape index (κ1) is 12.3. The molecule has 2 N–H and O–H groups in total. The number of methoxy groups -OCH3 is 1. The van der Waals surface area contributed by atoms with Crippen LogP contribution in [-0.4, -0.2) is 18.6 Å². The summed E-state index contributed by atoms with van der Waals surface area (Å²) < 4.78 is 5.25. The average molecular weight is 253 g/mol. The van der Waals surface area contributed by atoms with Gasteiger partial charge in [0.15, 0.2) is 0 Å². The van der Waals surface area contributed by atoms with Crippen LogP contribution in [0, 0.1) is 0 Å². The van der Waals surface area contributed by atoms with Crippen LogP contribution in [-0.2, 0) is 6.42 Å². The van der Waals surface area contributed by atoms with Gasteiger partial charge in [0, 0.05) is 28.7 Å².